The van der Waals surface area contributed by atoms with E-state index in [0.29, 0.717) is 11.9 Å². The van der Waals surface area contributed by atoms with Crippen molar-refractivity contribution < 1.29 is 0 Å². The van der Waals surface area contributed by atoms with Crippen LogP contribution in [0.5, 0.6) is 0 Å². The predicted octanol–water partition coefficient (Wildman–Crippen LogP) is 1.93. The Morgan fingerprint density at radius 3 is 2.38 bits per heavy atom. The molecule has 1 heterocycles. The summed E-state index contributed by atoms with van der Waals surface area (Å²) < 4.78 is 0. The van der Waals surface area contributed by atoms with Gasteiger partial charge in [-0.25, -0.2) is 4.98 Å². The maximum Gasteiger partial charge on any atom is 0.141 e. The van der Waals surface area contributed by atoms with E-state index in [9.17, 15) is 0 Å². The molecule has 1 unspecified atom stereocenters. The van der Waals surface area contributed by atoms with Crippen molar-refractivity contribution >= 4 is 5.82 Å². The summed E-state index contributed by atoms with van der Waals surface area (Å²) in [5.74, 6) is 0.468. The monoisotopic (exact) mass is 222 g/mol. The average molecular weight is 222 g/mol. The van der Waals surface area contributed by atoms with Crippen LogP contribution in [0.15, 0.2) is 12.4 Å². The highest BCUT2D eigenvalue weighted by Crippen LogP contribution is 2.23. The van der Waals surface area contributed by atoms with Gasteiger partial charge < -0.3 is 5.73 Å². The van der Waals surface area contributed by atoms with Gasteiger partial charge in [-0.15, -0.1) is 0 Å². The van der Waals surface area contributed by atoms with Gasteiger partial charge in [0.1, 0.15) is 5.82 Å². The van der Waals surface area contributed by atoms with E-state index < -0.39 is 0 Å². The maximum absolute atomic E-state index is 5.50. The van der Waals surface area contributed by atoms with E-state index in [2.05, 4.69) is 49.6 Å². The van der Waals surface area contributed by atoms with Crippen LogP contribution >= 0.6 is 0 Å². The third kappa shape index (κ3) is 3.45. The Labute approximate surface area is 97.9 Å². The van der Waals surface area contributed by atoms with E-state index >= 15 is 0 Å². The molecule has 4 nitrogen and oxygen atoms in total. The van der Waals surface area contributed by atoms with Crippen molar-refractivity contribution in [3.05, 3.63) is 18.1 Å². The number of nitrogens with two attached hydrogens (primary N) is 1. The van der Waals surface area contributed by atoms with Crippen molar-refractivity contribution in [3.63, 3.8) is 0 Å². The van der Waals surface area contributed by atoms with Gasteiger partial charge in [0.2, 0.25) is 0 Å². The molecule has 0 aromatic carbocycles. The lowest BCUT2D eigenvalue weighted by atomic mass is 9.87. The fourth-order valence-electron chi connectivity index (χ4n) is 1.50. The molecular formula is C12H22N4. The largest absolute Gasteiger partial charge is 0.382 e. The van der Waals surface area contributed by atoms with Crippen LogP contribution in [0.3, 0.4) is 0 Å². The van der Waals surface area contributed by atoms with Crippen LogP contribution in [0.1, 0.15) is 33.4 Å². The summed E-state index contributed by atoms with van der Waals surface area (Å²) in [6, 6.07) is 0.479. The van der Waals surface area contributed by atoms with Gasteiger partial charge in [0.25, 0.3) is 0 Å². The lowest BCUT2D eigenvalue weighted by Gasteiger charge is -2.35. The van der Waals surface area contributed by atoms with Gasteiger partial charge in [0, 0.05) is 12.6 Å². The second-order valence-corrected chi connectivity index (χ2v) is 5.39. The first-order valence-electron chi connectivity index (χ1n) is 5.57. The van der Waals surface area contributed by atoms with Crippen molar-refractivity contribution in [1.82, 2.24) is 14.9 Å². The third-order valence-electron chi connectivity index (χ3n) is 3.05. The summed E-state index contributed by atoms with van der Waals surface area (Å²) in [5.41, 5.74) is 6.71. The summed E-state index contributed by atoms with van der Waals surface area (Å²) in [7, 11) is 2.11. The molecule has 4 heteroatoms. The summed E-state index contributed by atoms with van der Waals surface area (Å²) in [6.45, 7) is 9.74. The lowest BCUT2D eigenvalue weighted by molar-refractivity contribution is 0.133. The molecule has 1 rings (SSSR count). The minimum absolute atomic E-state index is 0.260. The SMILES string of the molecule is CC(N(C)Cc1cnc(N)cn1)C(C)(C)C. The highest BCUT2D eigenvalue weighted by Gasteiger charge is 2.23. The molecule has 0 spiro atoms. The van der Waals surface area contributed by atoms with Gasteiger partial charge in [0.15, 0.2) is 0 Å². The smallest absolute Gasteiger partial charge is 0.141 e. The Balaban J connectivity index is 2.64. The third-order valence-corrected chi connectivity index (χ3v) is 3.05. The summed E-state index contributed by atoms with van der Waals surface area (Å²) in [5, 5.41) is 0. The molecule has 1 aromatic rings. The van der Waals surface area contributed by atoms with Gasteiger partial charge in [-0.1, -0.05) is 20.8 Å². The zero-order chi connectivity index (χ0) is 12.3. The number of anilines is 1. The molecule has 0 amide bonds. The van der Waals surface area contributed by atoms with Crippen molar-refractivity contribution in [2.24, 2.45) is 5.41 Å². The van der Waals surface area contributed by atoms with Crippen LogP contribution < -0.4 is 5.73 Å². The molecule has 0 aliphatic carbocycles. The van der Waals surface area contributed by atoms with Gasteiger partial charge in [-0.3, -0.25) is 9.88 Å². The van der Waals surface area contributed by atoms with Crippen molar-refractivity contribution in [1.29, 1.82) is 0 Å². The van der Waals surface area contributed by atoms with E-state index in [4.69, 9.17) is 5.73 Å². The summed E-state index contributed by atoms with van der Waals surface area (Å²) in [6.07, 6.45) is 3.34. The summed E-state index contributed by atoms with van der Waals surface area (Å²) >= 11 is 0. The molecular weight excluding hydrogens is 200 g/mol. The quantitative estimate of drug-likeness (QED) is 0.849. The molecule has 0 radical (unpaired) electrons. The zero-order valence-corrected chi connectivity index (χ0v) is 10.9. The molecule has 1 aromatic heterocycles. The van der Waals surface area contributed by atoms with Crippen LogP contribution in [0.4, 0.5) is 5.82 Å². The normalized spacial score (nSPS) is 14.1. The first-order chi connectivity index (χ1) is 7.30. The molecule has 0 saturated carbocycles. The fourth-order valence-corrected chi connectivity index (χ4v) is 1.50. The topological polar surface area (TPSA) is 55.0 Å². The second kappa shape index (κ2) is 4.78. The number of nitrogen functional groups attached to an aromatic ring is 1. The van der Waals surface area contributed by atoms with E-state index in [0.717, 1.165) is 12.2 Å². The number of hydrogen-bond donors (Lipinski definition) is 1. The Kier molecular flexibility index (Phi) is 3.86. The first-order valence-corrected chi connectivity index (χ1v) is 5.57. The van der Waals surface area contributed by atoms with Gasteiger partial charge in [-0.05, 0) is 19.4 Å². The van der Waals surface area contributed by atoms with Crippen molar-refractivity contribution in [2.75, 3.05) is 12.8 Å². The van der Waals surface area contributed by atoms with Gasteiger partial charge in [0.05, 0.1) is 18.1 Å². The molecule has 0 fully saturated rings. The molecule has 16 heavy (non-hydrogen) atoms. The number of nitrogens with zero attached hydrogens (tertiary/aromatic N) is 3. The van der Waals surface area contributed by atoms with Crippen molar-refractivity contribution in [2.45, 2.75) is 40.3 Å². The highest BCUT2D eigenvalue weighted by molar-refractivity contribution is 5.22. The zero-order valence-electron chi connectivity index (χ0n) is 10.9. The van der Waals surface area contributed by atoms with Crippen LogP contribution in [0.25, 0.3) is 0 Å². The molecule has 0 bridgehead atoms. The van der Waals surface area contributed by atoms with Crippen molar-refractivity contribution in [3.8, 4) is 0 Å². The molecule has 0 aliphatic rings. The van der Waals surface area contributed by atoms with E-state index in [1.54, 1.807) is 12.4 Å². The highest BCUT2D eigenvalue weighted by atomic mass is 15.1. The fraction of sp³-hybridized carbons (Fsp3) is 0.667. The van der Waals surface area contributed by atoms with Crippen LogP contribution in [-0.4, -0.2) is 28.0 Å². The molecule has 0 aliphatic heterocycles. The van der Waals surface area contributed by atoms with E-state index in [-0.39, 0.29) is 5.41 Å². The lowest BCUT2D eigenvalue weighted by Crippen LogP contribution is -2.39. The minimum atomic E-state index is 0.260. The van der Waals surface area contributed by atoms with E-state index in [1.165, 1.54) is 0 Å². The second-order valence-electron chi connectivity index (χ2n) is 5.39. The Morgan fingerprint density at radius 1 is 1.31 bits per heavy atom. The Bertz CT molecular complexity index is 326. The molecule has 90 valence electrons. The minimum Gasteiger partial charge on any atom is -0.382 e. The maximum atomic E-state index is 5.50. The summed E-state index contributed by atoms with van der Waals surface area (Å²) in [4.78, 5) is 10.6. The van der Waals surface area contributed by atoms with Gasteiger partial charge >= 0.3 is 0 Å². The van der Waals surface area contributed by atoms with E-state index in [1.807, 2.05) is 0 Å². The standard InChI is InChI=1S/C12H22N4/c1-9(12(2,3)4)16(5)8-10-6-15-11(13)7-14-10/h6-7,9H,8H2,1-5H3,(H2,13,15). The Hall–Kier alpha value is -1.16. The van der Waals surface area contributed by atoms with Gasteiger partial charge in [-0.2, -0.15) is 0 Å². The van der Waals surface area contributed by atoms with Crippen LogP contribution in [0.2, 0.25) is 0 Å². The number of aromatic nitrogens is 2. The molecule has 0 saturated heterocycles. The molecule has 1 atom stereocenters. The molecule has 2 N–H and O–H groups in total. The number of rotatable bonds is 3. The van der Waals surface area contributed by atoms with Crippen LogP contribution in [-0.2, 0) is 6.54 Å². The number of hydrogen-bond acceptors (Lipinski definition) is 4. The average Bonchev–Trinajstić information content (AvgIpc) is 2.19. The van der Waals surface area contributed by atoms with Crippen LogP contribution in [0, 0.1) is 5.41 Å². The Morgan fingerprint density at radius 2 is 1.94 bits per heavy atom. The first kappa shape index (κ1) is 12.9. The predicted molar refractivity (Wildman–Crippen MR) is 66.8 cm³/mol.